The maximum absolute atomic E-state index is 13.5. The highest BCUT2D eigenvalue weighted by atomic mass is 35.5. The van der Waals surface area contributed by atoms with Gasteiger partial charge in [0.05, 0.1) is 10.6 Å². The van der Waals surface area contributed by atoms with Crippen LogP contribution in [0.25, 0.3) is 0 Å². The molecule has 0 aromatic heterocycles. The predicted octanol–water partition coefficient (Wildman–Crippen LogP) is 4.21. The number of aryl methyl sites for hydroxylation is 1. The maximum atomic E-state index is 13.5. The van der Waals surface area contributed by atoms with E-state index in [-0.39, 0.29) is 23.5 Å². The second kappa shape index (κ2) is 8.09. The Balaban J connectivity index is 1.85. The number of benzene rings is 2. The molecule has 0 saturated carbocycles. The first-order valence-corrected chi connectivity index (χ1v) is 9.41. The van der Waals surface area contributed by atoms with Crippen LogP contribution in [0.5, 0.6) is 0 Å². The Hall–Kier alpha value is -2.40. The van der Waals surface area contributed by atoms with Crippen molar-refractivity contribution in [2.75, 3.05) is 11.4 Å². The molecule has 6 heteroatoms. The fourth-order valence-corrected chi connectivity index (χ4v) is 3.56. The molecule has 3 rings (SSSR count). The van der Waals surface area contributed by atoms with Crippen molar-refractivity contribution in [3.8, 4) is 0 Å². The van der Waals surface area contributed by atoms with Crippen molar-refractivity contribution in [2.45, 2.75) is 32.7 Å². The quantitative estimate of drug-likeness (QED) is 0.852. The first kappa shape index (κ1) is 19.4. The second-order valence-corrected chi connectivity index (χ2v) is 7.45. The van der Waals surface area contributed by atoms with Crippen molar-refractivity contribution in [1.29, 1.82) is 0 Å². The summed E-state index contributed by atoms with van der Waals surface area (Å²) in [6, 6.07) is 10.5. The molecule has 1 N–H and O–H groups in total. The van der Waals surface area contributed by atoms with E-state index in [2.05, 4.69) is 5.32 Å². The molecule has 2 amide bonds. The van der Waals surface area contributed by atoms with Crippen molar-refractivity contribution >= 4 is 29.1 Å². The Bertz CT molecular complexity index is 869. The maximum Gasteiger partial charge on any atom is 0.253 e. The third-order valence-corrected chi connectivity index (χ3v) is 5.09. The standard InChI is InChI=1S/C21H22ClFN2O2/c1-13(2)19(24-20(26)16-7-3-4-8-17(16)22)21(27)25-11-5-6-14-12-15(23)9-10-18(14)25/h3-4,7-10,12-13,19H,5-6,11H2,1-2H3,(H,24,26). The molecular weight excluding hydrogens is 367 g/mol. The number of halogens is 2. The van der Waals surface area contributed by atoms with Gasteiger partial charge in [0.15, 0.2) is 0 Å². The van der Waals surface area contributed by atoms with Gasteiger partial charge in [0.1, 0.15) is 11.9 Å². The highest BCUT2D eigenvalue weighted by Gasteiger charge is 2.32. The van der Waals surface area contributed by atoms with Crippen molar-refractivity contribution in [3.05, 3.63) is 64.4 Å². The van der Waals surface area contributed by atoms with Crippen LogP contribution in [0.2, 0.25) is 5.02 Å². The molecule has 0 saturated heterocycles. The Kier molecular flexibility index (Phi) is 5.80. The number of amides is 2. The van der Waals surface area contributed by atoms with Crippen LogP contribution < -0.4 is 10.2 Å². The van der Waals surface area contributed by atoms with Gasteiger partial charge in [-0.05, 0) is 54.7 Å². The topological polar surface area (TPSA) is 49.4 Å². The average molecular weight is 389 g/mol. The molecule has 4 nitrogen and oxygen atoms in total. The van der Waals surface area contributed by atoms with Crippen LogP contribution in [0.15, 0.2) is 42.5 Å². The highest BCUT2D eigenvalue weighted by molar-refractivity contribution is 6.33. The molecule has 1 aliphatic rings. The summed E-state index contributed by atoms with van der Waals surface area (Å²) in [7, 11) is 0. The van der Waals surface area contributed by atoms with Gasteiger partial charge in [-0.3, -0.25) is 9.59 Å². The van der Waals surface area contributed by atoms with E-state index in [0.29, 0.717) is 22.8 Å². The summed E-state index contributed by atoms with van der Waals surface area (Å²) < 4.78 is 13.5. The van der Waals surface area contributed by atoms with Crippen molar-refractivity contribution in [1.82, 2.24) is 5.32 Å². The number of hydrogen-bond acceptors (Lipinski definition) is 2. The first-order valence-electron chi connectivity index (χ1n) is 9.03. The third-order valence-electron chi connectivity index (χ3n) is 4.76. The summed E-state index contributed by atoms with van der Waals surface area (Å²) in [5.74, 6) is -1.01. The summed E-state index contributed by atoms with van der Waals surface area (Å²) >= 11 is 6.10. The molecule has 0 spiro atoms. The molecule has 0 aliphatic carbocycles. The lowest BCUT2D eigenvalue weighted by Gasteiger charge is -2.34. The normalized spacial score (nSPS) is 14.6. The summed E-state index contributed by atoms with van der Waals surface area (Å²) in [6.45, 7) is 4.30. The van der Waals surface area contributed by atoms with E-state index in [1.54, 1.807) is 35.2 Å². The van der Waals surface area contributed by atoms with E-state index in [4.69, 9.17) is 11.6 Å². The van der Waals surface area contributed by atoms with Crippen molar-refractivity contribution in [2.24, 2.45) is 5.92 Å². The number of nitrogens with zero attached hydrogens (tertiary/aromatic N) is 1. The zero-order valence-corrected chi connectivity index (χ0v) is 16.1. The number of carbonyl (C=O) groups excluding carboxylic acids is 2. The van der Waals surface area contributed by atoms with Gasteiger partial charge in [0.25, 0.3) is 5.91 Å². The lowest BCUT2D eigenvalue weighted by molar-refractivity contribution is -0.121. The Morgan fingerprint density at radius 2 is 1.93 bits per heavy atom. The minimum atomic E-state index is -0.704. The second-order valence-electron chi connectivity index (χ2n) is 7.04. The van der Waals surface area contributed by atoms with E-state index in [1.807, 2.05) is 13.8 Å². The fraction of sp³-hybridized carbons (Fsp3) is 0.333. The zero-order valence-electron chi connectivity index (χ0n) is 15.3. The van der Waals surface area contributed by atoms with Crippen LogP contribution in [0.1, 0.15) is 36.2 Å². The minimum Gasteiger partial charge on any atom is -0.340 e. The lowest BCUT2D eigenvalue weighted by Crippen LogP contribution is -2.52. The summed E-state index contributed by atoms with van der Waals surface area (Å²) in [6.07, 6.45) is 1.49. The molecule has 1 atom stereocenters. The van der Waals surface area contributed by atoms with Crippen LogP contribution >= 0.6 is 11.6 Å². The zero-order chi connectivity index (χ0) is 19.6. The molecule has 0 fully saturated rings. The molecule has 2 aromatic carbocycles. The summed E-state index contributed by atoms with van der Waals surface area (Å²) in [5.41, 5.74) is 1.86. The van der Waals surface area contributed by atoms with Crippen LogP contribution in [-0.2, 0) is 11.2 Å². The smallest absolute Gasteiger partial charge is 0.253 e. The van der Waals surface area contributed by atoms with Gasteiger partial charge in [-0.15, -0.1) is 0 Å². The molecule has 1 heterocycles. The third kappa shape index (κ3) is 4.14. The lowest BCUT2D eigenvalue weighted by atomic mass is 9.97. The van der Waals surface area contributed by atoms with E-state index in [1.165, 1.54) is 12.1 Å². The van der Waals surface area contributed by atoms with Gasteiger partial charge in [-0.2, -0.15) is 0 Å². The Morgan fingerprint density at radius 3 is 2.63 bits per heavy atom. The van der Waals surface area contributed by atoms with Crippen LogP contribution in [0, 0.1) is 11.7 Å². The predicted molar refractivity (Wildman–Crippen MR) is 105 cm³/mol. The van der Waals surface area contributed by atoms with E-state index in [9.17, 15) is 14.0 Å². The fourth-order valence-electron chi connectivity index (χ4n) is 3.34. The summed E-state index contributed by atoms with van der Waals surface area (Å²) in [5, 5.41) is 3.16. The van der Waals surface area contributed by atoms with Crippen LogP contribution in [0.4, 0.5) is 10.1 Å². The highest BCUT2D eigenvalue weighted by Crippen LogP contribution is 2.29. The number of anilines is 1. The van der Waals surface area contributed by atoms with E-state index < -0.39 is 6.04 Å². The molecular formula is C21H22ClFN2O2. The first-order chi connectivity index (χ1) is 12.9. The molecule has 1 aliphatic heterocycles. The van der Waals surface area contributed by atoms with E-state index >= 15 is 0 Å². The monoisotopic (exact) mass is 388 g/mol. The van der Waals surface area contributed by atoms with E-state index in [0.717, 1.165) is 18.4 Å². The number of fused-ring (bicyclic) bond motifs is 1. The molecule has 0 bridgehead atoms. The SMILES string of the molecule is CC(C)C(NC(=O)c1ccccc1Cl)C(=O)N1CCCc2cc(F)ccc21. The largest absolute Gasteiger partial charge is 0.340 e. The molecule has 2 aromatic rings. The number of carbonyl (C=O) groups is 2. The Labute approximate surface area is 163 Å². The van der Waals surface area contributed by atoms with Crippen LogP contribution in [0.3, 0.4) is 0 Å². The Morgan fingerprint density at radius 1 is 1.19 bits per heavy atom. The summed E-state index contributed by atoms with van der Waals surface area (Å²) in [4.78, 5) is 27.5. The molecule has 0 radical (unpaired) electrons. The number of hydrogen-bond donors (Lipinski definition) is 1. The van der Waals surface area contributed by atoms with Crippen LogP contribution in [-0.4, -0.2) is 24.4 Å². The molecule has 1 unspecified atom stereocenters. The average Bonchev–Trinajstić information content (AvgIpc) is 2.64. The number of nitrogens with one attached hydrogen (secondary N) is 1. The van der Waals surface area contributed by atoms with Gasteiger partial charge < -0.3 is 10.2 Å². The van der Waals surface area contributed by atoms with Crippen molar-refractivity contribution in [3.63, 3.8) is 0 Å². The van der Waals surface area contributed by atoms with Gasteiger partial charge in [-0.25, -0.2) is 4.39 Å². The van der Waals surface area contributed by atoms with Gasteiger partial charge in [0, 0.05) is 12.2 Å². The molecule has 27 heavy (non-hydrogen) atoms. The van der Waals surface area contributed by atoms with Gasteiger partial charge >= 0.3 is 0 Å². The number of rotatable bonds is 4. The van der Waals surface area contributed by atoms with Gasteiger partial charge in [0.2, 0.25) is 5.91 Å². The molecule has 142 valence electrons. The van der Waals surface area contributed by atoms with Gasteiger partial charge in [-0.1, -0.05) is 37.6 Å². The van der Waals surface area contributed by atoms with Crippen molar-refractivity contribution < 1.29 is 14.0 Å². The minimum absolute atomic E-state index is 0.116.